The predicted molar refractivity (Wildman–Crippen MR) is 69.7 cm³/mol. The number of benzene rings is 1. The first kappa shape index (κ1) is 13.8. The second kappa shape index (κ2) is 6.50. The summed E-state index contributed by atoms with van der Waals surface area (Å²) >= 11 is 0. The molecule has 0 aliphatic heterocycles. The Kier molecular flexibility index (Phi) is 5.29. The minimum Gasteiger partial charge on any atom is -0.493 e. The fourth-order valence-electron chi connectivity index (χ4n) is 1.54. The van der Waals surface area contributed by atoms with Gasteiger partial charge in [0.05, 0.1) is 25.8 Å². The van der Waals surface area contributed by atoms with Gasteiger partial charge in [-0.05, 0) is 32.9 Å². The van der Waals surface area contributed by atoms with Gasteiger partial charge in [-0.25, -0.2) is 0 Å². The molecule has 0 atom stereocenters. The van der Waals surface area contributed by atoms with Gasteiger partial charge in [-0.1, -0.05) is 12.1 Å². The summed E-state index contributed by atoms with van der Waals surface area (Å²) in [5, 5.41) is 2.33. The van der Waals surface area contributed by atoms with Crippen LogP contribution in [0.2, 0.25) is 0 Å². The molecule has 0 unspecified atom stereocenters. The van der Waals surface area contributed by atoms with E-state index in [-0.39, 0.29) is 0 Å². The number of methoxy groups -OCH3 is 1. The van der Waals surface area contributed by atoms with Gasteiger partial charge in [0.15, 0.2) is 11.5 Å². The Morgan fingerprint density at radius 2 is 1.76 bits per heavy atom. The molecule has 0 fully saturated rings. The number of para-hydroxylation sites is 2. The molecule has 17 heavy (non-hydrogen) atoms. The van der Waals surface area contributed by atoms with Crippen molar-refractivity contribution in [2.45, 2.75) is 32.7 Å². The van der Waals surface area contributed by atoms with Crippen LogP contribution in [-0.2, 0) is 0 Å². The summed E-state index contributed by atoms with van der Waals surface area (Å²) in [5.74, 6) is 1.62. The van der Waals surface area contributed by atoms with Crippen LogP contribution in [-0.4, -0.2) is 25.8 Å². The monoisotopic (exact) mass is 238 g/mol. The van der Waals surface area contributed by atoms with Gasteiger partial charge in [-0.15, -0.1) is 0 Å². The molecule has 1 aromatic rings. The largest absolute Gasteiger partial charge is 0.493 e. The van der Waals surface area contributed by atoms with Crippen LogP contribution < -0.4 is 14.8 Å². The van der Waals surface area contributed by atoms with Gasteiger partial charge in [-0.3, -0.25) is 0 Å². The van der Waals surface area contributed by atoms with E-state index < -0.39 is 0 Å². The zero-order chi connectivity index (χ0) is 12.7. The van der Waals surface area contributed by atoms with Crippen molar-refractivity contribution in [3.63, 3.8) is 0 Å². The van der Waals surface area contributed by atoms with Crippen LogP contribution in [0, 0.1) is 0 Å². The highest BCUT2D eigenvalue weighted by molar-refractivity contribution is 5.39. The number of quaternary nitrogens is 1. The molecule has 3 nitrogen and oxygen atoms in total. The van der Waals surface area contributed by atoms with Gasteiger partial charge in [-0.2, -0.15) is 0 Å². The van der Waals surface area contributed by atoms with E-state index in [1.54, 1.807) is 7.11 Å². The zero-order valence-electron chi connectivity index (χ0n) is 11.3. The van der Waals surface area contributed by atoms with Crippen LogP contribution in [0.4, 0.5) is 0 Å². The number of hydrogen-bond acceptors (Lipinski definition) is 2. The topological polar surface area (TPSA) is 35.1 Å². The van der Waals surface area contributed by atoms with Crippen LogP contribution in [0.5, 0.6) is 11.5 Å². The van der Waals surface area contributed by atoms with Crippen LogP contribution in [0.15, 0.2) is 24.3 Å². The Bertz CT molecular complexity index is 331. The molecule has 0 heterocycles. The Morgan fingerprint density at radius 1 is 1.12 bits per heavy atom. The van der Waals surface area contributed by atoms with Crippen molar-refractivity contribution in [1.82, 2.24) is 0 Å². The van der Waals surface area contributed by atoms with Crippen LogP contribution >= 0.6 is 0 Å². The van der Waals surface area contributed by atoms with Crippen molar-refractivity contribution in [2.75, 3.05) is 20.3 Å². The number of nitrogens with two attached hydrogens (primary N) is 1. The molecular weight excluding hydrogens is 214 g/mol. The Hall–Kier alpha value is -1.22. The molecule has 0 saturated heterocycles. The highest BCUT2D eigenvalue weighted by Crippen LogP contribution is 2.25. The average molecular weight is 238 g/mol. The third kappa shape index (κ3) is 5.59. The third-order valence-electron chi connectivity index (χ3n) is 2.43. The molecule has 96 valence electrons. The third-order valence-corrected chi connectivity index (χ3v) is 2.43. The SMILES string of the molecule is COc1ccccc1OCCC[NH2+]C(C)(C)C. The number of rotatable bonds is 6. The second-order valence-corrected chi connectivity index (χ2v) is 5.21. The van der Waals surface area contributed by atoms with Gasteiger partial charge in [0.1, 0.15) is 0 Å². The lowest BCUT2D eigenvalue weighted by Crippen LogP contribution is -2.94. The average Bonchev–Trinajstić information content (AvgIpc) is 2.27. The number of hydrogen-bond donors (Lipinski definition) is 1. The Morgan fingerprint density at radius 3 is 2.35 bits per heavy atom. The molecule has 2 N–H and O–H groups in total. The van der Waals surface area contributed by atoms with Gasteiger partial charge in [0.2, 0.25) is 0 Å². The molecule has 1 aromatic carbocycles. The van der Waals surface area contributed by atoms with Crippen molar-refractivity contribution in [1.29, 1.82) is 0 Å². The standard InChI is InChI=1S/C14H23NO2/c1-14(2,3)15-10-7-11-17-13-9-6-5-8-12(13)16-4/h5-6,8-9,15H,7,10-11H2,1-4H3/p+1. The van der Waals surface area contributed by atoms with Crippen molar-refractivity contribution in [2.24, 2.45) is 0 Å². The molecule has 0 spiro atoms. The van der Waals surface area contributed by atoms with E-state index in [1.807, 2.05) is 24.3 Å². The molecule has 0 bridgehead atoms. The van der Waals surface area contributed by atoms with Crippen LogP contribution in [0.3, 0.4) is 0 Å². The maximum Gasteiger partial charge on any atom is 0.161 e. The van der Waals surface area contributed by atoms with Crippen molar-refractivity contribution >= 4 is 0 Å². The van der Waals surface area contributed by atoms with E-state index in [2.05, 4.69) is 26.1 Å². The summed E-state index contributed by atoms with van der Waals surface area (Å²) in [7, 11) is 1.66. The Labute approximate surface area is 104 Å². The van der Waals surface area contributed by atoms with Gasteiger partial charge in [0.25, 0.3) is 0 Å². The van der Waals surface area contributed by atoms with Gasteiger partial charge < -0.3 is 14.8 Å². The molecule has 0 saturated carbocycles. The summed E-state index contributed by atoms with van der Waals surface area (Å²) in [6, 6.07) is 7.75. The summed E-state index contributed by atoms with van der Waals surface area (Å²) in [5.41, 5.74) is 0.296. The van der Waals surface area contributed by atoms with Gasteiger partial charge >= 0.3 is 0 Å². The highest BCUT2D eigenvalue weighted by Gasteiger charge is 2.11. The van der Waals surface area contributed by atoms with E-state index in [1.165, 1.54) is 0 Å². The molecule has 0 radical (unpaired) electrons. The second-order valence-electron chi connectivity index (χ2n) is 5.21. The fourth-order valence-corrected chi connectivity index (χ4v) is 1.54. The summed E-state index contributed by atoms with van der Waals surface area (Å²) in [6.45, 7) is 8.46. The van der Waals surface area contributed by atoms with Crippen molar-refractivity contribution in [3.8, 4) is 11.5 Å². The number of ether oxygens (including phenoxy) is 2. The van der Waals surface area contributed by atoms with Crippen LogP contribution in [0.1, 0.15) is 27.2 Å². The molecule has 3 heteroatoms. The minimum atomic E-state index is 0.296. The maximum absolute atomic E-state index is 5.70. The molecule has 0 aromatic heterocycles. The van der Waals surface area contributed by atoms with Crippen molar-refractivity contribution in [3.05, 3.63) is 24.3 Å². The minimum absolute atomic E-state index is 0.296. The summed E-state index contributed by atoms with van der Waals surface area (Å²) in [6.07, 6.45) is 1.04. The zero-order valence-corrected chi connectivity index (χ0v) is 11.3. The van der Waals surface area contributed by atoms with E-state index in [0.717, 1.165) is 31.1 Å². The smallest absolute Gasteiger partial charge is 0.161 e. The van der Waals surface area contributed by atoms with Gasteiger partial charge in [0, 0.05) is 6.42 Å². The van der Waals surface area contributed by atoms with E-state index >= 15 is 0 Å². The lowest BCUT2D eigenvalue weighted by Gasteiger charge is -2.17. The summed E-state index contributed by atoms with van der Waals surface area (Å²) < 4.78 is 10.9. The molecule has 0 aliphatic carbocycles. The molecule has 1 rings (SSSR count). The van der Waals surface area contributed by atoms with Crippen LogP contribution in [0.25, 0.3) is 0 Å². The summed E-state index contributed by atoms with van der Waals surface area (Å²) in [4.78, 5) is 0. The molecule has 0 amide bonds. The lowest BCUT2D eigenvalue weighted by atomic mass is 10.1. The van der Waals surface area contributed by atoms with E-state index in [4.69, 9.17) is 9.47 Å². The normalized spacial score (nSPS) is 11.3. The predicted octanol–water partition coefficient (Wildman–Crippen LogP) is 1.83. The molecular formula is C14H24NO2+. The Balaban J connectivity index is 2.27. The van der Waals surface area contributed by atoms with E-state index in [0.29, 0.717) is 5.54 Å². The maximum atomic E-state index is 5.70. The quantitative estimate of drug-likeness (QED) is 0.767. The van der Waals surface area contributed by atoms with E-state index in [9.17, 15) is 0 Å². The lowest BCUT2D eigenvalue weighted by molar-refractivity contribution is -0.717. The first-order valence-corrected chi connectivity index (χ1v) is 6.13. The first-order valence-electron chi connectivity index (χ1n) is 6.13. The van der Waals surface area contributed by atoms with Crippen molar-refractivity contribution < 1.29 is 14.8 Å². The highest BCUT2D eigenvalue weighted by atomic mass is 16.5. The fraction of sp³-hybridized carbons (Fsp3) is 0.571. The molecule has 0 aliphatic rings. The first-order chi connectivity index (χ1) is 8.03.